The van der Waals surface area contributed by atoms with Gasteiger partial charge in [-0.1, -0.05) is 0 Å². The zero-order valence-corrected chi connectivity index (χ0v) is 12.5. The lowest BCUT2D eigenvalue weighted by molar-refractivity contribution is -0.146. The molecule has 0 spiro atoms. The van der Waals surface area contributed by atoms with E-state index in [4.69, 9.17) is 0 Å². The summed E-state index contributed by atoms with van der Waals surface area (Å²) in [6.45, 7) is 1.97. The molecule has 0 radical (unpaired) electrons. The third kappa shape index (κ3) is 3.42. The number of nitrogens with zero attached hydrogens (tertiary/aromatic N) is 2. The SMILES string of the molecule is CSCCNC(=O)C(=O)N1CCC2CCC(C1)N2C. The molecule has 2 fully saturated rings. The molecule has 0 aliphatic carbocycles. The first kappa shape index (κ1) is 14.7. The average Bonchev–Trinajstić information content (AvgIpc) is 2.63. The molecule has 2 aliphatic heterocycles. The molecule has 6 heteroatoms. The van der Waals surface area contributed by atoms with Crippen LogP contribution in [0.2, 0.25) is 0 Å². The third-order valence-electron chi connectivity index (χ3n) is 4.22. The van der Waals surface area contributed by atoms with E-state index in [9.17, 15) is 9.59 Å². The molecule has 2 heterocycles. The Morgan fingerprint density at radius 2 is 2.00 bits per heavy atom. The quantitative estimate of drug-likeness (QED) is 0.593. The highest BCUT2D eigenvalue weighted by Gasteiger charge is 2.37. The lowest BCUT2D eigenvalue weighted by atomic mass is 10.1. The largest absolute Gasteiger partial charge is 0.347 e. The first-order valence-corrected chi connectivity index (χ1v) is 8.31. The molecule has 0 saturated carbocycles. The summed E-state index contributed by atoms with van der Waals surface area (Å²) in [5.74, 6) is 0.0310. The summed E-state index contributed by atoms with van der Waals surface area (Å²) in [5, 5.41) is 2.69. The molecule has 2 unspecified atom stereocenters. The summed E-state index contributed by atoms with van der Waals surface area (Å²) in [6.07, 6.45) is 5.33. The first-order chi connectivity index (χ1) is 9.13. The molecule has 2 amide bonds. The molecular formula is C13H23N3O2S. The Morgan fingerprint density at radius 1 is 1.26 bits per heavy atom. The number of nitrogens with one attached hydrogen (secondary N) is 1. The predicted octanol–water partition coefficient (Wildman–Crippen LogP) is 0.161. The van der Waals surface area contributed by atoms with Gasteiger partial charge in [0.25, 0.3) is 0 Å². The van der Waals surface area contributed by atoms with Gasteiger partial charge in [0.2, 0.25) is 0 Å². The molecule has 0 aromatic rings. The lowest BCUT2D eigenvalue weighted by Crippen LogP contribution is -2.47. The van der Waals surface area contributed by atoms with Crippen molar-refractivity contribution in [3.63, 3.8) is 0 Å². The van der Waals surface area contributed by atoms with Gasteiger partial charge in [0.05, 0.1) is 0 Å². The maximum Gasteiger partial charge on any atom is 0.311 e. The molecule has 2 saturated heterocycles. The Balaban J connectivity index is 1.87. The smallest absolute Gasteiger partial charge is 0.311 e. The summed E-state index contributed by atoms with van der Waals surface area (Å²) in [5.41, 5.74) is 0. The fraction of sp³-hybridized carbons (Fsp3) is 0.846. The Labute approximate surface area is 119 Å². The van der Waals surface area contributed by atoms with Gasteiger partial charge in [-0.3, -0.25) is 14.5 Å². The van der Waals surface area contributed by atoms with E-state index in [1.165, 1.54) is 6.42 Å². The lowest BCUT2D eigenvalue weighted by Gasteiger charge is -2.25. The van der Waals surface area contributed by atoms with E-state index in [2.05, 4.69) is 17.3 Å². The normalized spacial score (nSPS) is 27.2. The van der Waals surface area contributed by atoms with Gasteiger partial charge in [-0.15, -0.1) is 0 Å². The fourth-order valence-electron chi connectivity index (χ4n) is 2.98. The zero-order chi connectivity index (χ0) is 13.8. The van der Waals surface area contributed by atoms with E-state index in [-0.39, 0.29) is 5.91 Å². The number of fused-ring (bicyclic) bond motifs is 2. The van der Waals surface area contributed by atoms with Crippen LogP contribution in [-0.4, -0.2) is 72.4 Å². The van der Waals surface area contributed by atoms with Crippen LogP contribution in [-0.2, 0) is 9.59 Å². The Morgan fingerprint density at radius 3 is 2.74 bits per heavy atom. The standard InChI is InChI=1S/C13H23N3O2S/c1-15-10-3-4-11(15)9-16(7-5-10)13(18)12(17)14-6-8-19-2/h10-11H,3-9H2,1-2H3,(H,14,17). The van der Waals surface area contributed by atoms with Gasteiger partial charge in [-0.05, 0) is 32.6 Å². The molecule has 2 rings (SSSR count). The highest BCUT2D eigenvalue weighted by Crippen LogP contribution is 2.28. The second-order valence-electron chi connectivity index (χ2n) is 5.34. The number of likely N-dealkylation sites (N-methyl/N-ethyl adjacent to an activating group) is 1. The van der Waals surface area contributed by atoms with Gasteiger partial charge >= 0.3 is 11.8 Å². The molecule has 5 nitrogen and oxygen atoms in total. The third-order valence-corrected chi connectivity index (χ3v) is 4.83. The van der Waals surface area contributed by atoms with Gasteiger partial charge in [-0.25, -0.2) is 0 Å². The number of rotatable bonds is 3. The van der Waals surface area contributed by atoms with Crippen molar-refractivity contribution in [2.24, 2.45) is 0 Å². The highest BCUT2D eigenvalue weighted by molar-refractivity contribution is 7.98. The molecule has 2 atom stereocenters. The van der Waals surface area contributed by atoms with Crippen LogP contribution in [0.1, 0.15) is 19.3 Å². The van der Waals surface area contributed by atoms with Gasteiger partial charge in [0.15, 0.2) is 0 Å². The minimum absolute atomic E-state index is 0.359. The van der Waals surface area contributed by atoms with Crippen molar-refractivity contribution >= 4 is 23.6 Å². The van der Waals surface area contributed by atoms with Gasteiger partial charge in [-0.2, -0.15) is 11.8 Å². The number of carbonyl (C=O) groups is 2. The maximum absolute atomic E-state index is 12.1. The minimum atomic E-state index is -0.450. The monoisotopic (exact) mass is 285 g/mol. The Kier molecular flexibility index (Phi) is 5.10. The topological polar surface area (TPSA) is 52.7 Å². The molecule has 2 aliphatic rings. The van der Waals surface area contributed by atoms with Gasteiger partial charge in [0, 0.05) is 37.5 Å². The van der Waals surface area contributed by atoms with Crippen molar-refractivity contribution in [1.82, 2.24) is 15.1 Å². The van der Waals surface area contributed by atoms with E-state index >= 15 is 0 Å². The molecular weight excluding hydrogens is 262 g/mol. The number of likely N-dealkylation sites (tertiary alicyclic amines) is 1. The summed E-state index contributed by atoms with van der Waals surface area (Å²) < 4.78 is 0. The highest BCUT2D eigenvalue weighted by atomic mass is 32.2. The van der Waals surface area contributed by atoms with Crippen molar-refractivity contribution in [2.45, 2.75) is 31.3 Å². The second kappa shape index (κ2) is 6.61. The van der Waals surface area contributed by atoms with Crippen LogP contribution >= 0.6 is 11.8 Å². The number of carbonyl (C=O) groups excluding carboxylic acids is 2. The van der Waals surface area contributed by atoms with Crippen LogP contribution in [0.25, 0.3) is 0 Å². The van der Waals surface area contributed by atoms with Crippen LogP contribution < -0.4 is 5.32 Å². The van der Waals surface area contributed by atoms with Crippen LogP contribution in [0, 0.1) is 0 Å². The van der Waals surface area contributed by atoms with E-state index in [0.29, 0.717) is 31.7 Å². The number of hydrogen-bond donors (Lipinski definition) is 1. The van der Waals surface area contributed by atoms with Crippen LogP contribution in [0.4, 0.5) is 0 Å². The zero-order valence-electron chi connectivity index (χ0n) is 11.7. The molecule has 108 valence electrons. The fourth-order valence-corrected chi connectivity index (χ4v) is 3.29. The summed E-state index contributed by atoms with van der Waals surface area (Å²) in [6, 6.07) is 1.01. The van der Waals surface area contributed by atoms with Gasteiger partial charge < -0.3 is 10.2 Å². The number of thioether (sulfide) groups is 1. The Bertz CT molecular complexity index is 351. The molecule has 1 N–H and O–H groups in total. The molecule has 0 aromatic heterocycles. The summed E-state index contributed by atoms with van der Waals surface area (Å²) in [7, 11) is 2.13. The van der Waals surface area contributed by atoms with E-state index < -0.39 is 5.91 Å². The van der Waals surface area contributed by atoms with Crippen LogP contribution in [0.3, 0.4) is 0 Å². The van der Waals surface area contributed by atoms with E-state index in [0.717, 1.165) is 18.6 Å². The van der Waals surface area contributed by atoms with E-state index in [1.54, 1.807) is 16.7 Å². The Hall–Kier alpha value is -0.750. The number of amides is 2. The van der Waals surface area contributed by atoms with E-state index in [1.807, 2.05) is 6.26 Å². The first-order valence-electron chi connectivity index (χ1n) is 6.91. The van der Waals surface area contributed by atoms with Crippen molar-refractivity contribution in [2.75, 3.05) is 38.7 Å². The molecule has 19 heavy (non-hydrogen) atoms. The second-order valence-corrected chi connectivity index (χ2v) is 6.32. The molecule has 2 bridgehead atoms. The maximum atomic E-state index is 12.1. The van der Waals surface area contributed by atoms with Crippen molar-refractivity contribution in [3.05, 3.63) is 0 Å². The number of hydrogen-bond acceptors (Lipinski definition) is 4. The summed E-state index contributed by atoms with van der Waals surface area (Å²) in [4.78, 5) is 28.0. The predicted molar refractivity (Wildman–Crippen MR) is 77.2 cm³/mol. The van der Waals surface area contributed by atoms with Crippen LogP contribution in [0.15, 0.2) is 0 Å². The van der Waals surface area contributed by atoms with Crippen molar-refractivity contribution < 1.29 is 9.59 Å². The average molecular weight is 285 g/mol. The summed E-state index contributed by atoms with van der Waals surface area (Å²) >= 11 is 1.66. The minimum Gasteiger partial charge on any atom is -0.347 e. The molecule has 0 aromatic carbocycles. The van der Waals surface area contributed by atoms with Gasteiger partial charge in [0.1, 0.15) is 0 Å². The van der Waals surface area contributed by atoms with Crippen LogP contribution in [0.5, 0.6) is 0 Å². The van der Waals surface area contributed by atoms with Crippen molar-refractivity contribution in [1.29, 1.82) is 0 Å². The van der Waals surface area contributed by atoms with Crippen molar-refractivity contribution in [3.8, 4) is 0 Å².